The van der Waals surface area contributed by atoms with Crippen LogP contribution < -0.4 is 21.3 Å². The van der Waals surface area contributed by atoms with Crippen molar-refractivity contribution in [3.8, 4) is 0 Å². The van der Waals surface area contributed by atoms with Gasteiger partial charge in [-0.2, -0.15) is 0 Å². The Kier molecular flexibility index (Phi) is 9.65. The summed E-state index contributed by atoms with van der Waals surface area (Å²) in [5.41, 5.74) is -3.66. The Bertz CT molecular complexity index is 536. The van der Waals surface area contributed by atoms with Crippen molar-refractivity contribution in [3.05, 3.63) is 0 Å². The zero-order chi connectivity index (χ0) is 23.1. The minimum absolute atomic E-state index is 0.0327. The normalized spacial score (nSPS) is 30.8. The molecule has 6 N–H and O–H groups in total. The molecule has 0 radical (unpaired) electrons. The van der Waals surface area contributed by atoms with Crippen molar-refractivity contribution in [2.45, 2.75) is 63.8 Å². The molecule has 1 aliphatic rings. The average molecular weight is 433 g/mol. The number of hydrogen-bond donors (Lipinski definition) is 6. The smallest absolute Gasteiger partial charge is 0.253 e. The molecule has 2 amide bonds. The quantitative estimate of drug-likeness (QED) is 0.298. The number of amides is 2. The minimum Gasteiger partial charge on any atom is -0.394 e. The first kappa shape index (κ1) is 26.7. The summed E-state index contributed by atoms with van der Waals surface area (Å²) in [5.74, 6) is -0.595. The van der Waals surface area contributed by atoms with E-state index in [1.807, 2.05) is 27.7 Å². The zero-order valence-corrected chi connectivity index (χ0v) is 19.2. The molecule has 0 spiro atoms. The van der Waals surface area contributed by atoms with E-state index in [1.165, 1.54) is 0 Å². The first-order valence-electron chi connectivity index (χ1n) is 10.4. The Morgan fingerprint density at radius 2 is 1.03 bits per heavy atom. The molecule has 0 saturated carbocycles. The number of nitrogens with one attached hydrogen (secondary N) is 4. The van der Waals surface area contributed by atoms with Gasteiger partial charge in [0.25, 0.3) is 11.8 Å². The molecular formula is C20H40N4O6. The monoisotopic (exact) mass is 432 g/mol. The fraction of sp³-hybridized carbons (Fsp3) is 0.900. The van der Waals surface area contributed by atoms with Gasteiger partial charge in [0.1, 0.15) is 0 Å². The largest absolute Gasteiger partial charge is 0.394 e. The van der Waals surface area contributed by atoms with Gasteiger partial charge in [-0.3, -0.25) is 9.59 Å². The molecule has 2 unspecified atom stereocenters. The van der Waals surface area contributed by atoms with E-state index in [2.05, 4.69) is 21.3 Å². The lowest BCUT2D eigenvalue weighted by atomic mass is 9.97. The van der Waals surface area contributed by atoms with Crippen LogP contribution in [0.3, 0.4) is 0 Å². The zero-order valence-electron chi connectivity index (χ0n) is 19.2. The lowest BCUT2D eigenvalue weighted by molar-refractivity contribution is -0.150. The summed E-state index contributed by atoms with van der Waals surface area (Å²) in [4.78, 5) is 26.0. The van der Waals surface area contributed by atoms with Crippen LogP contribution in [0, 0.1) is 0 Å². The Morgan fingerprint density at radius 1 is 0.700 bits per heavy atom. The maximum atomic E-state index is 13.0. The van der Waals surface area contributed by atoms with Gasteiger partial charge in [0, 0.05) is 37.3 Å². The second kappa shape index (κ2) is 10.8. The lowest BCUT2D eigenvalue weighted by Gasteiger charge is -2.38. The summed E-state index contributed by atoms with van der Waals surface area (Å²) in [6, 6.07) is 0. The van der Waals surface area contributed by atoms with Gasteiger partial charge >= 0.3 is 0 Å². The van der Waals surface area contributed by atoms with Crippen LogP contribution in [0.15, 0.2) is 0 Å². The molecule has 176 valence electrons. The van der Waals surface area contributed by atoms with Crippen LogP contribution in [-0.2, 0) is 19.1 Å². The highest BCUT2D eigenvalue weighted by Gasteiger charge is 2.40. The molecule has 10 heteroatoms. The van der Waals surface area contributed by atoms with Crippen LogP contribution in [0.5, 0.6) is 0 Å². The molecule has 0 aliphatic carbocycles. The first-order valence-corrected chi connectivity index (χ1v) is 10.4. The van der Waals surface area contributed by atoms with E-state index in [0.29, 0.717) is 13.1 Å². The van der Waals surface area contributed by atoms with Crippen LogP contribution in [0.25, 0.3) is 0 Å². The Hall–Kier alpha value is -1.30. The van der Waals surface area contributed by atoms with Crippen molar-refractivity contribution in [1.82, 2.24) is 21.3 Å². The number of ether oxygens (including phenoxy) is 2. The molecule has 1 saturated heterocycles. The van der Waals surface area contributed by atoms with Crippen molar-refractivity contribution in [2.75, 3.05) is 52.6 Å². The highest BCUT2D eigenvalue weighted by atomic mass is 16.5. The summed E-state index contributed by atoms with van der Waals surface area (Å²) in [5, 5.41) is 30.6. The Balaban J connectivity index is 3.11. The summed E-state index contributed by atoms with van der Waals surface area (Å²) in [7, 11) is 0. The maximum absolute atomic E-state index is 13.0. The second-order valence-electron chi connectivity index (χ2n) is 9.49. The molecule has 1 rings (SSSR count). The van der Waals surface area contributed by atoms with E-state index >= 15 is 0 Å². The van der Waals surface area contributed by atoms with Gasteiger partial charge in [-0.25, -0.2) is 0 Å². The predicted octanol–water partition coefficient (Wildman–Crippen LogP) is -1.50. The van der Waals surface area contributed by atoms with Crippen LogP contribution >= 0.6 is 0 Å². The van der Waals surface area contributed by atoms with Crippen LogP contribution in [0.1, 0.15) is 41.5 Å². The highest BCUT2D eigenvalue weighted by Crippen LogP contribution is 2.16. The van der Waals surface area contributed by atoms with Crippen LogP contribution in [-0.4, -0.2) is 96.9 Å². The number of carbonyl (C=O) groups is 2. The van der Waals surface area contributed by atoms with Crippen molar-refractivity contribution < 1.29 is 29.3 Å². The minimum atomic E-state index is -1.19. The summed E-state index contributed by atoms with van der Waals surface area (Å²) < 4.78 is 11.4. The number of aliphatic hydroxyl groups is 2. The molecule has 30 heavy (non-hydrogen) atoms. The first-order chi connectivity index (χ1) is 13.8. The molecule has 1 heterocycles. The molecule has 0 aromatic rings. The van der Waals surface area contributed by atoms with Crippen LogP contribution in [0.2, 0.25) is 0 Å². The standard InChI is InChI=1S/C20H40N4O6/c1-17(2)11-21-13-20(6,30-10-8-26)16(28)24-18(3,4)12-22-14-19(5,15(27)23-17)29-9-7-25/h21-22,25-26H,7-14H2,1-6H3,(H,23,27)(H,24,28). The summed E-state index contributed by atoms with van der Waals surface area (Å²) >= 11 is 0. The third kappa shape index (κ3) is 8.09. The Morgan fingerprint density at radius 3 is 1.33 bits per heavy atom. The van der Waals surface area contributed by atoms with Gasteiger partial charge in [-0.05, 0) is 41.5 Å². The maximum Gasteiger partial charge on any atom is 0.253 e. The molecular weight excluding hydrogens is 392 g/mol. The SMILES string of the molecule is CC1(C)CNCC(C)(OCCO)C(=O)NC(C)(C)CNCC(C)(OCCO)C(=O)N1. The van der Waals surface area contributed by atoms with Gasteiger partial charge in [0.2, 0.25) is 0 Å². The predicted molar refractivity (Wildman–Crippen MR) is 113 cm³/mol. The van der Waals surface area contributed by atoms with E-state index in [9.17, 15) is 9.59 Å². The molecule has 2 atom stereocenters. The third-order valence-corrected chi connectivity index (χ3v) is 4.95. The van der Waals surface area contributed by atoms with Crippen molar-refractivity contribution in [2.24, 2.45) is 0 Å². The van der Waals surface area contributed by atoms with E-state index in [0.717, 1.165) is 0 Å². The van der Waals surface area contributed by atoms with Gasteiger partial charge in [-0.15, -0.1) is 0 Å². The van der Waals surface area contributed by atoms with Crippen molar-refractivity contribution in [1.29, 1.82) is 0 Å². The van der Waals surface area contributed by atoms with Gasteiger partial charge in [-0.1, -0.05) is 0 Å². The fourth-order valence-corrected chi connectivity index (χ4v) is 3.13. The van der Waals surface area contributed by atoms with E-state index in [-0.39, 0.29) is 51.3 Å². The average Bonchev–Trinajstić information content (AvgIpc) is 2.62. The lowest BCUT2D eigenvalue weighted by Crippen LogP contribution is -2.65. The van der Waals surface area contributed by atoms with Gasteiger partial charge in [0.05, 0.1) is 26.4 Å². The summed E-state index contributed by atoms with van der Waals surface area (Å²) in [6.45, 7) is 11.6. The molecule has 10 nitrogen and oxygen atoms in total. The van der Waals surface area contributed by atoms with E-state index in [1.54, 1.807) is 13.8 Å². The van der Waals surface area contributed by atoms with Crippen molar-refractivity contribution in [3.63, 3.8) is 0 Å². The second-order valence-corrected chi connectivity index (χ2v) is 9.49. The fourth-order valence-electron chi connectivity index (χ4n) is 3.13. The Labute approximate surface area is 179 Å². The summed E-state index contributed by atoms with van der Waals surface area (Å²) in [6.07, 6.45) is 0. The molecule has 0 bridgehead atoms. The number of carbonyl (C=O) groups excluding carboxylic acids is 2. The van der Waals surface area contributed by atoms with Crippen molar-refractivity contribution >= 4 is 11.8 Å². The molecule has 1 aliphatic heterocycles. The molecule has 0 aromatic carbocycles. The molecule has 0 aromatic heterocycles. The van der Waals surface area contributed by atoms with Gasteiger partial charge in [0.15, 0.2) is 11.2 Å². The van der Waals surface area contributed by atoms with E-state index < -0.39 is 22.3 Å². The van der Waals surface area contributed by atoms with Gasteiger partial charge < -0.3 is 41.0 Å². The number of rotatable bonds is 6. The van der Waals surface area contributed by atoms with Crippen LogP contribution in [0.4, 0.5) is 0 Å². The number of aliphatic hydroxyl groups excluding tert-OH is 2. The highest BCUT2D eigenvalue weighted by molar-refractivity contribution is 5.86. The topological polar surface area (TPSA) is 141 Å². The third-order valence-electron chi connectivity index (χ3n) is 4.95. The van der Waals surface area contributed by atoms with E-state index in [4.69, 9.17) is 19.7 Å². The molecule has 1 fully saturated rings. The number of hydrogen-bond acceptors (Lipinski definition) is 8.